The molecule has 1 atom stereocenters. The molecule has 2 aromatic rings. The van der Waals surface area contributed by atoms with Crippen LogP contribution < -0.4 is 9.57 Å². The van der Waals surface area contributed by atoms with Gasteiger partial charge in [0.05, 0.1) is 5.39 Å². The van der Waals surface area contributed by atoms with Crippen molar-refractivity contribution in [3.05, 3.63) is 42.7 Å². The van der Waals surface area contributed by atoms with Crippen LogP contribution in [0.25, 0.3) is 10.8 Å². The van der Waals surface area contributed by atoms with Crippen molar-refractivity contribution in [2.75, 3.05) is 6.61 Å². The number of fused-ring (bicyclic) bond motifs is 1. The van der Waals surface area contributed by atoms with E-state index in [9.17, 15) is 0 Å². The Balaban J connectivity index is 2.03. The summed E-state index contributed by atoms with van der Waals surface area (Å²) >= 11 is 0. The van der Waals surface area contributed by atoms with Gasteiger partial charge < -0.3 is 0 Å². The molecule has 96 valence electrons. The van der Waals surface area contributed by atoms with Crippen LogP contribution in [-0.2, 0) is 0 Å². The molecule has 2 heteroatoms. The second kappa shape index (κ2) is 6.39. The third-order valence-corrected chi connectivity index (χ3v) is 3.40. The Morgan fingerprint density at radius 3 is 2.61 bits per heavy atom. The summed E-state index contributed by atoms with van der Waals surface area (Å²) in [4.78, 5) is 5.84. The Bertz CT molecular complexity index is 495. The molecule has 0 radical (unpaired) electrons. The van der Waals surface area contributed by atoms with Crippen molar-refractivity contribution in [3.8, 4) is 0 Å². The summed E-state index contributed by atoms with van der Waals surface area (Å²) in [6.45, 7) is 5.26. The second-order valence-corrected chi connectivity index (χ2v) is 4.79. The van der Waals surface area contributed by atoms with Gasteiger partial charge >= 0.3 is 0 Å². The first kappa shape index (κ1) is 12.9. The molecule has 0 aliphatic carbocycles. The minimum atomic E-state index is 0.661. The van der Waals surface area contributed by atoms with Gasteiger partial charge in [-0.1, -0.05) is 38.5 Å². The summed E-state index contributed by atoms with van der Waals surface area (Å²) in [5, 5.41) is 2.46. The van der Waals surface area contributed by atoms with Gasteiger partial charge in [-0.25, -0.2) is 0 Å². The maximum Gasteiger partial charge on any atom is 0.230 e. The summed E-state index contributed by atoms with van der Waals surface area (Å²) < 4.78 is 1.83. The lowest BCUT2D eigenvalue weighted by molar-refractivity contribution is -0.891. The van der Waals surface area contributed by atoms with Crippen molar-refractivity contribution in [1.82, 2.24) is 0 Å². The number of aromatic nitrogens is 1. The van der Waals surface area contributed by atoms with Crippen molar-refractivity contribution >= 4 is 10.8 Å². The standard InChI is InChI=1S/C16H22NO/c1-3-7-14(4-2)13-18-17-11-10-15-8-5-6-9-16(15)12-17/h5-6,8-12,14H,3-4,7,13H2,1-2H3/q+1. The number of hydrogen-bond acceptors (Lipinski definition) is 1. The molecule has 1 unspecified atom stereocenters. The highest BCUT2D eigenvalue weighted by atomic mass is 16.7. The molecule has 2 rings (SSSR count). The van der Waals surface area contributed by atoms with Crippen LogP contribution in [0.4, 0.5) is 0 Å². The third-order valence-electron chi connectivity index (χ3n) is 3.40. The Kier molecular flexibility index (Phi) is 4.57. The van der Waals surface area contributed by atoms with Crippen molar-refractivity contribution in [1.29, 1.82) is 0 Å². The van der Waals surface area contributed by atoms with Crippen LogP contribution in [-0.4, -0.2) is 6.61 Å². The van der Waals surface area contributed by atoms with Crippen molar-refractivity contribution < 1.29 is 9.57 Å². The smallest absolute Gasteiger partial charge is 0.230 e. The molecule has 0 fully saturated rings. The summed E-state index contributed by atoms with van der Waals surface area (Å²) in [5.74, 6) is 0.661. The van der Waals surface area contributed by atoms with Gasteiger partial charge in [-0.3, -0.25) is 4.84 Å². The maximum atomic E-state index is 5.84. The largest absolute Gasteiger partial charge is 0.271 e. The third kappa shape index (κ3) is 3.22. The minimum absolute atomic E-state index is 0.661. The maximum absolute atomic E-state index is 5.84. The zero-order valence-electron chi connectivity index (χ0n) is 11.3. The number of rotatable bonds is 6. The van der Waals surface area contributed by atoms with E-state index in [1.54, 1.807) is 0 Å². The van der Waals surface area contributed by atoms with Crippen LogP contribution in [0.1, 0.15) is 33.1 Å². The number of benzene rings is 1. The van der Waals surface area contributed by atoms with E-state index >= 15 is 0 Å². The van der Waals surface area contributed by atoms with Crippen LogP contribution in [0.5, 0.6) is 0 Å². The van der Waals surface area contributed by atoms with E-state index in [0.717, 1.165) is 6.61 Å². The van der Waals surface area contributed by atoms with E-state index in [1.165, 1.54) is 30.0 Å². The molecular formula is C16H22NO+. The summed E-state index contributed by atoms with van der Waals surface area (Å²) in [6.07, 6.45) is 7.69. The van der Waals surface area contributed by atoms with E-state index in [2.05, 4.69) is 44.2 Å². The molecule has 0 aliphatic rings. The molecule has 1 aromatic heterocycles. The molecule has 1 heterocycles. The molecule has 0 spiro atoms. The normalized spacial score (nSPS) is 12.6. The Morgan fingerprint density at radius 1 is 1.11 bits per heavy atom. The van der Waals surface area contributed by atoms with Gasteiger partial charge in [0.15, 0.2) is 6.61 Å². The molecule has 0 saturated heterocycles. The van der Waals surface area contributed by atoms with Crippen molar-refractivity contribution in [3.63, 3.8) is 0 Å². The first-order valence-corrected chi connectivity index (χ1v) is 6.86. The predicted molar refractivity (Wildman–Crippen MR) is 74.3 cm³/mol. The van der Waals surface area contributed by atoms with E-state index in [1.807, 2.05) is 17.1 Å². The molecular weight excluding hydrogens is 222 g/mol. The zero-order chi connectivity index (χ0) is 12.8. The van der Waals surface area contributed by atoms with Gasteiger partial charge in [-0.2, -0.15) is 0 Å². The SMILES string of the molecule is CCCC(CC)CO[n+]1ccc2ccccc2c1. The van der Waals surface area contributed by atoms with E-state index < -0.39 is 0 Å². The van der Waals surface area contributed by atoms with Gasteiger partial charge in [0.1, 0.15) is 0 Å². The molecule has 2 nitrogen and oxygen atoms in total. The molecule has 0 N–H and O–H groups in total. The Labute approximate surface area is 109 Å². The Hall–Kier alpha value is -1.57. The summed E-state index contributed by atoms with van der Waals surface area (Å²) in [6, 6.07) is 10.4. The zero-order valence-corrected chi connectivity index (χ0v) is 11.3. The molecule has 18 heavy (non-hydrogen) atoms. The van der Waals surface area contributed by atoms with Gasteiger partial charge in [0.2, 0.25) is 12.4 Å². The van der Waals surface area contributed by atoms with E-state index in [0.29, 0.717) is 5.92 Å². The first-order valence-electron chi connectivity index (χ1n) is 6.86. The van der Waals surface area contributed by atoms with Crippen LogP contribution in [0, 0.1) is 5.92 Å². The van der Waals surface area contributed by atoms with Crippen molar-refractivity contribution in [2.45, 2.75) is 33.1 Å². The summed E-state index contributed by atoms with van der Waals surface area (Å²) in [7, 11) is 0. The fraction of sp³-hybridized carbons (Fsp3) is 0.438. The molecule has 0 saturated carbocycles. The fourth-order valence-electron chi connectivity index (χ4n) is 2.20. The molecule has 1 aromatic carbocycles. The van der Waals surface area contributed by atoms with Crippen LogP contribution in [0.2, 0.25) is 0 Å². The highest BCUT2D eigenvalue weighted by Crippen LogP contribution is 2.11. The average Bonchev–Trinajstić information content (AvgIpc) is 2.43. The monoisotopic (exact) mass is 244 g/mol. The van der Waals surface area contributed by atoms with Gasteiger partial charge in [-0.05, 0) is 30.2 Å². The fourth-order valence-corrected chi connectivity index (χ4v) is 2.20. The van der Waals surface area contributed by atoms with Crippen LogP contribution >= 0.6 is 0 Å². The van der Waals surface area contributed by atoms with E-state index in [4.69, 9.17) is 4.84 Å². The number of pyridine rings is 1. The summed E-state index contributed by atoms with van der Waals surface area (Å²) in [5.41, 5.74) is 0. The van der Waals surface area contributed by atoms with Crippen molar-refractivity contribution in [2.24, 2.45) is 5.92 Å². The average molecular weight is 244 g/mol. The predicted octanol–water partition coefficient (Wildman–Crippen LogP) is 3.38. The molecule has 0 bridgehead atoms. The van der Waals surface area contributed by atoms with Gasteiger partial charge in [0, 0.05) is 10.8 Å². The quantitative estimate of drug-likeness (QED) is 0.710. The topological polar surface area (TPSA) is 13.1 Å². The van der Waals surface area contributed by atoms with Gasteiger partial charge in [-0.15, -0.1) is 0 Å². The van der Waals surface area contributed by atoms with Crippen LogP contribution in [0.3, 0.4) is 0 Å². The highest BCUT2D eigenvalue weighted by molar-refractivity contribution is 5.80. The minimum Gasteiger partial charge on any atom is -0.271 e. The number of hydrogen-bond donors (Lipinski definition) is 0. The lowest BCUT2D eigenvalue weighted by atomic mass is 10.0. The van der Waals surface area contributed by atoms with Crippen LogP contribution in [0.15, 0.2) is 42.7 Å². The van der Waals surface area contributed by atoms with E-state index in [-0.39, 0.29) is 0 Å². The first-order chi connectivity index (χ1) is 8.83. The molecule has 0 aliphatic heterocycles. The lowest BCUT2D eigenvalue weighted by Crippen LogP contribution is -2.43. The van der Waals surface area contributed by atoms with Gasteiger partial charge in [0.25, 0.3) is 0 Å². The highest BCUT2D eigenvalue weighted by Gasteiger charge is 2.10. The molecule has 0 amide bonds. The lowest BCUT2D eigenvalue weighted by Gasteiger charge is -2.10. The Morgan fingerprint density at radius 2 is 1.89 bits per heavy atom. The second-order valence-electron chi connectivity index (χ2n) is 4.79. The number of nitrogens with zero attached hydrogens (tertiary/aromatic N) is 1.